The molecule has 0 radical (unpaired) electrons. The lowest BCUT2D eigenvalue weighted by atomic mass is 9.96. The van der Waals surface area contributed by atoms with Gasteiger partial charge in [-0.3, -0.25) is 4.79 Å². The van der Waals surface area contributed by atoms with Gasteiger partial charge in [-0.15, -0.1) is 0 Å². The van der Waals surface area contributed by atoms with E-state index < -0.39 is 17.9 Å². The largest absolute Gasteiger partial charge is 0.449 e. The standard InChI is InChI=1S/C21H23FN2O3/c1-12-8-11-16(22)18(19(12)23)21(26)27-14(3)20(25)24-13(2)9-10-15-6-4-5-7-17(15)24/h4-8,11,13-14H,9-10,23H2,1-3H3/t13-,14+/m1/s1. The van der Waals surface area contributed by atoms with Crippen LogP contribution in [0.5, 0.6) is 0 Å². The van der Waals surface area contributed by atoms with Crippen molar-refractivity contribution in [1.29, 1.82) is 0 Å². The first-order valence-corrected chi connectivity index (χ1v) is 8.97. The summed E-state index contributed by atoms with van der Waals surface area (Å²) in [5.41, 5.74) is 8.00. The normalized spacial score (nSPS) is 17.2. The Hall–Kier alpha value is -2.89. The van der Waals surface area contributed by atoms with Crippen LogP contribution in [0.2, 0.25) is 0 Å². The molecule has 0 fully saturated rings. The van der Waals surface area contributed by atoms with E-state index in [9.17, 15) is 14.0 Å². The molecule has 0 spiro atoms. The van der Waals surface area contributed by atoms with Crippen LogP contribution in [0.25, 0.3) is 0 Å². The third-order valence-corrected chi connectivity index (χ3v) is 5.01. The summed E-state index contributed by atoms with van der Waals surface area (Å²) in [6, 6.07) is 10.3. The number of nitrogens with two attached hydrogens (primary N) is 1. The molecule has 0 aromatic heterocycles. The molecule has 3 rings (SSSR count). The van der Waals surface area contributed by atoms with Crippen molar-refractivity contribution in [3.63, 3.8) is 0 Å². The van der Waals surface area contributed by atoms with E-state index in [1.54, 1.807) is 11.8 Å². The predicted octanol–water partition coefficient (Wildman–Crippen LogP) is 3.63. The molecule has 6 heteroatoms. The number of fused-ring (bicyclic) bond motifs is 1. The quantitative estimate of drug-likeness (QED) is 0.661. The number of rotatable bonds is 3. The van der Waals surface area contributed by atoms with Crippen LogP contribution < -0.4 is 10.6 Å². The molecule has 2 aromatic carbocycles. The van der Waals surface area contributed by atoms with Crippen LogP contribution in [-0.2, 0) is 16.0 Å². The lowest BCUT2D eigenvalue weighted by Gasteiger charge is -2.36. The van der Waals surface area contributed by atoms with Gasteiger partial charge in [0.25, 0.3) is 5.91 Å². The maximum atomic E-state index is 14.1. The van der Waals surface area contributed by atoms with Crippen molar-refractivity contribution < 1.29 is 18.7 Å². The number of aryl methyl sites for hydroxylation is 2. The summed E-state index contributed by atoms with van der Waals surface area (Å²) in [4.78, 5) is 27.1. The smallest absolute Gasteiger partial charge is 0.344 e. The fourth-order valence-electron chi connectivity index (χ4n) is 3.39. The van der Waals surface area contributed by atoms with E-state index in [0.717, 1.165) is 30.2 Å². The first-order valence-electron chi connectivity index (χ1n) is 8.97. The molecule has 0 bridgehead atoms. The van der Waals surface area contributed by atoms with Gasteiger partial charge >= 0.3 is 5.97 Å². The number of anilines is 2. The number of amides is 1. The third-order valence-electron chi connectivity index (χ3n) is 5.01. The van der Waals surface area contributed by atoms with E-state index in [4.69, 9.17) is 10.5 Å². The summed E-state index contributed by atoms with van der Waals surface area (Å²) in [6.07, 6.45) is 0.647. The predicted molar refractivity (Wildman–Crippen MR) is 102 cm³/mol. The van der Waals surface area contributed by atoms with Crippen molar-refractivity contribution >= 4 is 23.3 Å². The molecule has 5 nitrogen and oxygen atoms in total. The molecule has 0 saturated heterocycles. The van der Waals surface area contributed by atoms with Crippen LogP contribution in [0.3, 0.4) is 0 Å². The molecule has 1 aliphatic heterocycles. The van der Waals surface area contributed by atoms with Crippen molar-refractivity contribution in [2.24, 2.45) is 0 Å². The number of hydrogen-bond donors (Lipinski definition) is 1. The van der Waals surface area contributed by atoms with Crippen molar-refractivity contribution in [2.45, 2.75) is 45.8 Å². The van der Waals surface area contributed by atoms with Crippen molar-refractivity contribution in [2.75, 3.05) is 10.6 Å². The van der Waals surface area contributed by atoms with Gasteiger partial charge in [-0.1, -0.05) is 24.3 Å². The van der Waals surface area contributed by atoms with Gasteiger partial charge in [-0.05, 0) is 56.9 Å². The summed E-state index contributed by atoms with van der Waals surface area (Å²) in [6.45, 7) is 5.13. The maximum Gasteiger partial charge on any atom is 0.344 e. The van der Waals surface area contributed by atoms with Crippen LogP contribution in [-0.4, -0.2) is 24.0 Å². The minimum Gasteiger partial charge on any atom is -0.449 e. The Bertz CT molecular complexity index is 897. The summed E-state index contributed by atoms with van der Waals surface area (Å²) in [5, 5.41) is 0. The number of nitrogens with zero attached hydrogens (tertiary/aromatic N) is 1. The van der Waals surface area contributed by atoms with Gasteiger partial charge in [0.1, 0.15) is 11.4 Å². The number of ether oxygens (including phenoxy) is 1. The van der Waals surface area contributed by atoms with Gasteiger partial charge in [0.15, 0.2) is 6.10 Å². The van der Waals surface area contributed by atoms with Crippen LogP contribution in [0, 0.1) is 12.7 Å². The molecule has 0 saturated carbocycles. The van der Waals surface area contributed by atoms with Crippen LogP contribution in [0.4, 0.5) is 15.8 Å². The first-order chi connectivity index (χ1) is 12.8. The molecule has 2 atom stereocenters. The maximum absolute atomic E-state index is 14.1. The lowest BCUT2D eigenvalue weighted by molar-refractivity contribution is -0.127. The third kappa shape index (κ3) is 3.52. The van der Waals surface area contributed by atoms with Crippen LogP contribution in [0.15, 0.2) is 36.4 Å². The molecule has 2 aromatic rings. The number of para-hydroxylation sites is 1. The summed E-state index contributed by atoms with van der Waals surface area (Å²) in [5.74, 6) is -2.04. The molecular formula is C21H23FN2O3. The molecule has 0 unspecified atom stereocenters. The fourth-order valence-corrected chi connectivity index (χ4v) is 3.39. The summed E-state index contributed by atoms with van der Waals surface area (Å²) in [7, 11) is 0. The van der Waals surface area contributed by atoms with Crippen molar-refractivity contribution in [3.8, 4) is 0 Å². The minimum atomic E-state index is -1.06. The topological polar surface area (TPSA) is 72.6 Å². The Morgan fingerprint density at radius 3 is 2.70 bits per heavy atom. The average molecular weight is 370 g/mol. The number of nitrogen functional groups attached to an aromatic ring is 1. The highest BCUT2D eigenvalue weighted by atomic mass is 19.1. The van der Waals surface area contributed by atoms with E-state index in [1.165, 1.54) is 13.0 Å². The Morgan fingerprint density at radius 1 is 1.26 bits per heavy atom. The molecule has 1 amide bonds. The van der Waals surface area contributed by atoms with Gasteiger partial charge in [0, 0.05) is 11.7 Å². The average Bonchev–Trinajstić information content (AvgIpc) is 2.64. The lowest BCUT2D eigenvalue weighted by Crippen LogP contribution is -2.47. The van der Waals surface area contributed by atoms with Gasteiger partial charge in [-0.25, -0.2) is 9.18 Å². The van der Waals surface area contributed by atoms with E-state index in [0.29, 0.717) is 5.56 Å². The van der Waals surface area contributed by atoms with Gasteiger partial charge in [-0.2, -0.15) is 0 Å². The number of carbonyl (C=O) groups is 2. The second-order valence-electron chi connectivity index (χ2n) is 6.93. The monoisotopic (exact) mass is 370 g/mol. The van der Waals surface area contributed by atoms with E-state index in [2.05, 4.69) is 0 Å². The molecular weight excluding hydrogens is 347 g/mol. The number of carbonyl (C=O) groups excluding carboxylic acids is 2. The SMILES string of the molecule is Cc1ccc(F)c(C(=O)O[C@@H](C)C(=O)N2c3ccccc3CC[C@H]2C)c1N. The second-order valence-corrected chi connectivity index (χ2v) is 6.93. The molecule has 1 heterocycles. The Morgan fingerprint density at radius 2 is 1.96 bits per heavy atom. The number of benzene rings is 2. The molecule has 1 aliphatic rings. The van der Waals surface area contributed by atoms with Gasteiger partial charge < -0.3 is 15.4 Å². The Labute approximate surface area is 157 Å². The highest BCUT2D eigenvalue weighted by molar-refractivity contribution is 6.01. The van der Waals surface area contributed by atoms with Crippen molar-refractivity contribution in [1.82, 2.24) is 0 Å². The zero-order valence-electron chi connectivity index (χ0n) is 15.7. The van der Waals surface area contributed by atoms with Crippen LogP contribution in [0.1, 0.15) is 41.8 Å². The number of hydrogen-bond acceptors (Lipinski definition) is 4. The molecule has 142 valence electrons. The molecule has 2 N–H and O–H groups in total. The first kappa shape index (κ1) is 18.9. The second kappa shape index (κ2) is 7.39. The van der Waals surface area contributed by atoms with Crippen molar-refractivity contribution in [3.05, 3.63) is 58.9 Å². The summed E-state index contributed by atoms with van der Waals surface area (Å²) >= 11 is 0. The zero-order chi connectivity index (χ0) is 19.7. The number of esters is 1. The fraction of sp³-hybridized carbons (Fsp3) is 0.333. The molecule has 27 heavy (non-hydrogen) atoms. The highest BCUT2D eigenvalue weighted by Gasteiger charge is 2.33. The number of halogens is 1. The highest BCUT2D eigenvalue weighted by Crippen LogP contribution is 2.31. The van der Waals surface area contributed by atoms with Gasteiger partial charge in [0.2, 0.25) is 0 Å². The van der Waals surface area contributed by atoms with Gasteiger partial charge in [0.05, 0.1) is 5.69 Å². The Kier molecular flexibility index (Phi) is 5.17. The van der Waals surface area contributed by atoms with E-state index in [1.807, 2.05) is 31.2 Å². The zero-order valence-corrected chi connectivity index (χ0v) is 15.7. The Balaban J connectivity index is 1.83. The summed E-state index contributed by atoms with van der Waals surface area (Å²) < 4.78 is 19.4. The van der Waals surface area contributed by atoms with Crippen LogP contribution >= 0.6 is 0 Å². The minimum absolute atomic E-state index is 0.0191. The van der Waals surface area contributed by atoms with E-state index >= 15 is 0 Å². The van der Waals surface area contributed by atoms with E-state index in [-0.39, 0.29) is 23.2 Å². The molecule has 0 aliphatic carbocycles.